The molecule has 0 radical (unpaired) electrons. The van der Waals surface area contributed by atoms with Gasteiger partial charge in [-0.2, -0.15) is 0 Å². The van der Waals surface area contributed by atoms with Gasteiger partial charge in [0.05, 0.1) is 6.54 Å². The Balaban J connectivity index is 0. The molecule has 0 aliphatic rings. The van der Waals surface area contributed by atoms with Gasteiger partial charge in [0.2, 0.25) is 5.91 Å². The Morgan fingerprint density at radius 1 is 1.45 bits per heavy atom. The normalized spacial score (nSPS) is 7.82. The highest BCUT2D eigenvalue weighted by atomic mass is 16.4. The van der Waals surface area contributed by atoms with Crippen LogP contribution in [0.25, 0.3) is 0 Å². The summed E-state index contributed by atoms with van der Waals surface area (Å²) in [7, 11) is 0. The predicted molar refractivity (Wildman–Crippen MR) is 40.8 cm³/mol. The summed E-state index contributed by atoms with van der Waals surface area (Å²) in [6, 6.07) is 0. The van der Waals surface area contributed by atoms with Gasteiger partial charge in [0.25, 0.3) is 0 Å². The van der Waals surface area contributed by atoms with Crippen LogP contribution in [0.3, 0.4) is 0 Å². The van der Waals surface area contributed by atoms with Crippen molar-refractivity contribution in [2.75, 3.05) is 6.54 Å². The van der Waals surface area contributed by atoms with E-state index < -0.39 is 5.97 Å². The van der Waals surface area contributed by atoms with E-state index in [1.165, 1.54) is 0 Å². The molecule has 0 bridgehead atoms. The van der Waals surface area contributed by atoms with Crippen molar-refractivity contribution in [2.45, 2.75) is 19.8 Å². The molecule has 0 aromatic carbocycles. The van der Waals surface area contributed by atoms with Crippen LogP contribution in [0.1, 0.15) is 19.8 Å². The number of carboxylic acids is 1. The lowest BCUT2D eigenvalue weighted by molar-refractivity contribution is -0.135. The lowest BCUT2D eigenvalue weighted by atomic mass is 10.3. The van der Waals surface area contributed by atoms with E-state index in [-0.39, 0.29) is 12.5 Å². The van der Waals surface area contributed by atoms with E-state index in [4.69, 9.17) is 10.8 Å². The van der Waals surface area contributed by atoms with Gasteiger partial charge in [0.15, 0.2) is 0 Å². The van der Waals surface area contributed by atoms with Crippen LogP contribution in [0, 0.1) is 0 Å². The standard InChI is InChI=1S/C4H9NO.C2H5NO2/c1-2-3-4(5)6;3-1-2(4)5/h2-3H2,1H3,(H2,5,6);1,3H2,(H,4,5). The van der Waals surface area contributed by atoms with Gasteiger partial charge >= 0.3 is 5.97 Å². The highest BCUT2D eigenvalue weighted by Crippen LogP contribution is 1.79. The van der Waals surface area contributed by atoms with Gasteiger partial charge in [-0.3, -0.25) is 9.59 Å². The summed E-state index contributed by atoms with van der Waals surface area (Å²) < 4.78 is 0. The molecule has 0 spiro atoms. The number of amides is 1. The molecule has 1 amide bonds. The van der Waals surface area contributed by atoms with Crippen LogP contribution in [0.4, 0.5) is 0 Å². The van der Waals surface area contributed by atoms with Crippen molar-refractivity contribution in [2.24, 2.45) is 11.5 Å². The van der Waals surface area contributed by atoms with Gasteiger partial charge in [-0.25, -0.2) is 0 Å². The van der Waals surface area contributed by atoms with Crippen molar-refractivity contribution in [3.63, 3.8) is 0 Å². The Morgan fingerprint density at radius 3 is 1.82 bits per heavy atom. The van der Waals surface area contributed by atoms with Crippen LogP contribution < -0.4 is 11.5 Å². The second-order valence-electron chi connectivity index (χ2n) is 1.81. The van der Waals surface area contributed by atoms with Crippen LogP contribution in [0.15, 0.2) is 0 Å². The van der Waals surface area contributed by atoms with E-state index in [9.17, 15) is 9.59 Å². The summed E-state index contributed by atoms with van der Waals surface area (Å²) >= 11 is 0. The maximum Gasteiger partial charge on any atom is 0.317 e. The van der Waals surface area contributed by atoms with Crippen LogP contribution in [-0.2, 0) is 9.59 Å². The molecule has 0 saturated carbocycles. The fourth-order valence-corrected chi connectivity index (χ4v) is 0.246. The average molecular weight is 162 g/mol. The predicted octanol–water partition coefficient (Wildman–Crippen LogP) is -0.698. The van der Waals surface area contributed by atoms with Crippen molar-refractivity contribution in [1.29, 1.82) is 0 Å². The van der Waals surface area contributed by atoms with Gasteiger partial charge in [-0.05, 0) is 6.42 Å². The van der Waals surface area contributed by atoms with E-state index in [0.29, 0.717) is 6.42 Å². The molecule has 0 fully saturated rings. The molecule has 5 nitrogen and oxygen atoms in total. The monoisotopic (exact) mass is 162 g/mol. The first-order valence-corrected chi connectivity index (χ1v) is 3.24. The molecule has 0 aliphatic heterocycles. The van der Waals surface area contributed by atoms with Crippen molar-refractivity contribution in [3.05, 3.63) is 0 Å². The highest BCUT2D eigenvalue weighted by Gasteiger charge is 1.84. The highest BCUT2D eigenvalue weighted by molar-refractivity contribution is 5.73. The van der Waals surface area contributed by atoms with Crippen molar-refractivity contribution >= 4 is 11.9 Å². The fourth-order valence-electron chi connectivity index (χ4n) is 0.246. The third-order valence-electron chi connectivity index (χ3n) is 0.671. The molecule has 0 atom stereocenters. The van der Waals surface area contributed by atoms with Crippen LogP contribution in [-0.4, -0.2) is 23.5 Å². The second-order valence-corrected chi connectivity index (χ2v) is 1.81. The Labute approximate surface area is 65.4 Å². The maximum absolute atomic E-state index is 9.82. The average Bonchev–Trinajstić information content (AvgIpc) is 1.89. The molecule has 0 heterocycles. The topological polar surface area (TPSA) is 106 Å². The fraction of sp³-hybridized carbons (Fsp3) is 0.667. The zero-order valence-corrected chi connectivity index (χ0v) is 6.54. The van der Waals surface area contributed by atoms with Crippen molar-refractivity contribution < 1.29 is 14.7 Å². The molecule has 0 aliphatic carbocycles. The van der Waals surface area contributed by atoms with E-state index in [1.807, 2.05) is 6.92 Å². The van der Waals surface area contributed by atoms with E-state index in [2.05, 4.69) is 5.73 Å². The number of hydrogen-bond donors (Lipinski definition) is 3. The van der Waals surface area contributed by atoms with Gasteiger partial charge in [-0.15, -0.1) is 0 Å². The van der Waals surface area contributed by atoms with E-state index >= 15 is 0 Å². The Morgan fingerprint density at radius 2 is 1.82 bits per heavy atom. The molecule has 5 N–H and O–H groups in total. The number of hydrogen-bond acceptors (Lipinski definition) is 3. The minimum absolute atomic E-state index is 0.211. The largest absolute Gasteiger partial charge is 0.480 e. The summed E-state index contributed by atoms with van der Waals surface area (Å²) in [5.41, 5.74) is 9.34. The molecular weight excluding hydrogens is 148 g/mol. The number of aliphatic carboxylic acids is 1. The molecule has 0 rings (SSSR count). The summed E-state index contributed by atoms with van der Waals surface area (Å²) in [5, 5.41) is 7.60. The van der Waals surface area contributed by atoms with Crippen LogP contribution in [0.5, 0.6) is 0 Å². The number of carbonyl (C=O) groups is 2. The molecule has 0 saturated heterocycles. The van der Waals surface area contributed by atoms with E-state index in [1.54, 1.807) is 0 Å². The van der Waals surface area contributed by atoms with Crippen LogP contribution >= 0.6 is 0 Å². The molecule has 0 aromatic rings. The van der Waals surface area contributed by atoms with Crippen LogP contribution in [0.2, 0.25) is 0 Å². The minimum Gasteiger partial charge on any atom is -0.480 e. The smallest absolute Gasteiger partial charge is 0.317 e. The van der Waals surface area contributed by atoms with Gasteiger partial charge in [0.1, 0.15) is 0 Å². The summed E-state index contributed by atoms with van der Waals surface area (Å²) in [6.45, 7) is 1.64. The number of primary amides is 1. The van der Waals surface area contributed by atoms with E-state index in [0.717, 1.165) is 6.42 Å². The second kappa shape index (κ2) is 8.90. The van der Waals surface area contributed by atoms with Gasteiger partial charge < -0.3 is 16.6 Å². The maximum atomic E-state index is 9.82. The molecule has 0 aromatic heterocycles. The lowest BCUT2D eigenvalue weighted by Crippen LogP contribution is -2.10. The number of nitrogens with two attached hydrogens (primary N) is 2. The summed E-state index contributed by atoms with van der Waals surface area (Å²) in [5.74, 6) is -1.18. The first-order valence-electron chi connectivity index (χ1n) is 3.24. The third kappa shape index (κ3) is 27.9. The molecule has 5 heteroatoms. The molecular formula is C6H14N2O3. The Kier molecular flexibility index (Phi) is 10.2. The number of carbonyl (C=O) groups excluding carboxylic acids is 1. The first-order chi connectivity index (χ1) is 5.04. The SMILES string of the molecule is CCCC(N)=O.NCC(=O)O. The van der Waals surface area contributed by atoms with Gasteiger partial charge in [0, 0.05) is 6.42 Å². The zero-order valence-electron chi connectivity index (χ0n) is 6.54. The minimum atomic E-state index is -0.968. The summed E-state index contributed by atoms with van der Waals surface area (Å²) in [6.07, 6.45) is 1.37. The quantitative estimate of drug-likeness (QED) is 0.510. The molecule has 66 valence electrons. The first kappa shape index (κ1) is 12.6. The van der Waals surface area contributed by atoms with Crippen molar-refractivity contribution in [3.8, 4) is 0 Å². The number of carboxylic acid groups (broad SMARTS) is 1. The van der Waals surface area contributed by atoms with Crippen molar-refractivity contribution in [1.82, 2.24) is 0 Å². The Bertz CT molecular complexity index is 125. The Hall–Kier alpha value is -1.10. The molecule has 0 unspecified atom stereocenters. The molecule has 11 heavy (non-hydrogen) atoms. The number of rotatable bonds is 3. The summed E-state index contributed by atoms with van der Waals surface area (Å²) in [4.78, 5) is 19.1. The lowest BCUT2D eigenvalue weighted by Gasteiger charge is -1.81. The zero-order chi connectivity index (χ0) is 9.28. The third-order valence-corrected chi connectivity index (χ3v) is 0.671. The van der Waals surface area contributed by atoms with Gasteiger partial charge in [-0.1, -0.05) is 6.92 Å².